The van der Waals surface area contributed by atoms with Crippen molar-refractivity contribution in [3.63, 3.8) is 0 Å². The Kier molecular flexibility index (Phi) is 8.86. The zero-order chi connectivity index (χ0) is 25.5. The number of carbonyl (C=O) groups is 2. The Balaban J connectivity index is 1.30. The zero-order valence-corrected chi connectivity index (χ0v) is 21.9. The molecule has 2 aliphatic heterocycles. The van der Waals surface area contributed by atoms with E-state index in [1.807, 2.05) is 30.3 Å². The van der Waals surface area contributed by atoms with Crippen LogP contribution in [0.3, 0.4) is 0 Å². The van der Waals surface area contributed by atoms with Crippen LogP contribution >= 0.6 is 0 Å². The van der Waals surface area contributed by atoms with Crippen LogP contribution in [0.5, 0.6) is 11.5 Å². The van der Waals surface area contributed by atoms with Crippen molar-refractivity contribution in [2.24, 2.45) is 0 Å². The molecule has 0 spiro atoms. The van der Waals surface area contributed by atoms with Gasteiger partial charge in [-0.15, -0.1) is 0 Å². The molecule has 4 rings (SSSR count). The first-order valence-corrected chi connectivity index (χ1v) is 13.2. The van der Waals surface area contributed by atoms with E-state index in [1.165, 1.54) is 32.4 Å². The molecule has 0 saturated carbocycles. The van der Waals surface area contributed by atoms with Crippen LogP contribution in [0, 0.1) is 0 Å². The maximum atomic E-state index is 13.3. The second kappa shape index (κ2) is 12.3. The molecule has 2 fully saturated rings. The van der Waals surface area contributed by atoms with E-state index in [0.717, 1.165) is 35.7 Å². The fourth-order valence-electron chi connectivity index (χ4n) is 5.01. The average molecular weight is 494 g/mol. The molecule has 0 aromatic heterocycles. The summed E-state index contributed by atoms with van der Waals surface area (Å²) in [6.07, 6.45) is 4.99. The number of benzene rings is 2. The molecule has 0 N–H and O–H groups in total. The van der Waals surface area contributed by atoms with Gasteiger partial charge in [-0.25, -0.2) is 0 Å². The molecule has 0 aliphatic carbocycles. The molecule has 36 heavy (non-hydrogen) atoms. The molecule has 2 heterocycles. The van der Waals surface area contributed by atoms with Crippen LogP contribution in [-0.2, 0) is 4.79 Å². The Morgan fingerprint density at radius 2 is 1.67 bits per heavy atom. The summed E-state index contributed by atoms with van der Waals surface area (Å²) in [7, 11) is 1.62. The Labute approximate surface area is 215 Å². The van der Waals surface area contributed by atoms with Crippen LogP contribution in [0.4, 0.5) is 5.69 Å². The van der Waals surface area contributed by atoms with Crippen molar-refractivity contribution < 1.29 is 19.1 Å². The number of amides is 2. The number of hydrogen-bond donors (Lipinski definition) is 0. The Morgan fingerprint density at radius 3 is 2.33 bits per heavy atom. The smallest absolute Gasteiger partial charge is 0.254 e. The van der Waals surface area contributed by atoms with E-state index < -0.39 is 0 Å². The second-order valence-corrected chi connectivity index (χ2v) is 9.98. The molecular formula is C29H39N3O4. The summed E-state index contributed by atoms with van der Waals surface area (Å²) in [4.78, 5) is 32.2. The topological polar surface area (TPSA) is 62.3 Å². The van der Waals surface area contributed by atoms with Crippen LogP contribution in [0.25, 0.3) is 0 Å². The number of piperidine rings is 1. The summed E-state index contributed by atoms with van der Waals surface area (Å²) in [6.45, 7) is 9.33. The molecule has 2 aromatic carbocycles. The minimum absolute atomic E-state index is 0.0666. The zero-order valence-electron chi connectivity index (χ0n) is 21.9. The molecule has 2 aromatic rings. The van der Waals surface area contributed by atoms with Gasteiger partial charge in [0.05, 0.1) is 13.7 Å². The van der Waals surface area contributed by atoms with E-state index in [2.05, 4.69) is 18.7 Å². The standard InChI is InChI=1S/C29H39N3O4/c1-22(2)27-20-25(35-3)12-13-26(27)29(34)31-17-18-32(28(33)21-31)23-8-10-24(11-9-23)36-19-7-16-30-14-5-4-6-15-30/h8-13,20,22H,4-7,14-19,21H2,1-3H3. The Morgan fingerprint density at radius 1 is 0.944 bits per heavy atom. The van der Waals surface area contributed by atoms with Gasteiger partial charge in [0.1, 0.15) is 18.0 Å². The maximum absolute atomic E-state index is 13.3. The largest absolute Gasteiger partial charge is 0.497 e. The molecule has 2 aliphatic rings. The second-order valence-electron chi connectivity index (χ2n) is 9.98. The van der Waals surface area contributed by atoms with Gasteiger partial charge in [-0.3, -0.25) is 9.59 Å². The third-order valence-electron chi connectivity index (χ3n) is 7.10. The molecular weight excluding hydrogens is 454 g/mol. The molecule has 0 radical (unpaired) electrons. The third kappa shape index (κ3) is 6.38. The summed E-state index contributed by atoms with van der Waals surface area (Å²) >= 11 is 0. The van der Waals surface area contributed by atoms with Crippen molar-refractivity contribution in [2.75, 3.05) is 57.9 Å². The van der Waals surface area contributed by atoms with Gasteiger partial charge in [-0.1, -0.05) is 20.3 Å². The lowest BCUT2D eigenvalue weighted by molar-refractivity contribution is -0.120. The molecule has 2 amide bonds. The van der Waals surface area contributed by atoms with Crippen molar-refractivity contribution in [1.82, 2.24) is 9.80 Å². The van der Waals surface area contributed by atoms with Crippen LogP contribution in [0.2, 0.25) is 0 Å². The van der Waals surface area contributed by atoms with Crippen molar-refractivity contribution in [3.8, 4) is 11.5 Å². The summed E-state index contributed by atoms with van der Waals surface area (Å²) in [5.41, 5.74) is 2.40. The highest BCUT2D eigenvalue weighted by Crippen LogP contribution is 2.27. The number of likely N-dealkylation sites (tertiary alicyclic amines) is 1. The molecule has 0 atom stereocenters. The number of nitrogens with zero attached hydrogens (tertiary/aromatic N) is 3. The average Bonchev–Trinajstić information content (AvgIpc) is 2.91. The van der Waals surface area contributed by atoms with Gasteiger partial charge in [-0.2, -0.15) is 0 Å². The number of ether oxygens (including phenoxy) is 2. The number of hydrogen-bond acceptors (Lipinski definition) is 5. The van der Waals surface area contributed by atoms with E-state index in [0.29, 0.717) is 25.3 Å². The van der Waals surface area contributed by atoms with E-state index >= 15 is 0 Å². The monoisotopic (exact) mass is 493 g/mol. The minimum Gasteiger partial charge on any atom is -0.497 e. The number of rotatable bonds is 9. The highest BCUT2D eigenvalue weighted by molar-refractivity contribution is 6.02. The third-order valence-corrected chi connectivity index (χ3v) is 7.10. The lowest BCUT2D eigenvalue weighted by atomic mass is 9.95. The first-order valence-electron chi connectivity index (χ1n) is 13.2. The van der Waals surface area contributed by atoms with E-state index in [4.69, 9.17) is 9.47 Å². The van der Waals surface area contributed by atoms with E-state index in [1.54, 1.807) is 29.0 Å². The van der Waals surface area contributed by atoms with Crippen molar-refractivity contribution >= 4 is 17.5 Å². The van der Waals surface area contributed by atoms with E-state index in [-0.39, 0.29) is 24.3 Å². The normalized spacial score (nSPS) is 16.9. The lowest BCUT2D eigenvalue weighted by Gasteiger charge is -2.35. The van der Waals surface area contributed by atoms with Gasteiger partial charge < -0.3 is 24.2 Å². The minimum atomic E-state index is -0.109. The van der Waals surface area contributed by atoms with Crippen molar-refractivity contribution in [3.05, 3.63) is 53.6 Å². The maximum Gasteiger partial charge on any atom is 0.254 e. The number of methoxy groups -OCH3 is 1. The van der Waals surface area contributed by atoms with Crippen molar-refractivity contribution in [2.45, 2.75) is 45.4 Å². The molecule has 7 heteroatoms. The molecule has 0 bridgehead atoms. The highest BCUT2D eigenvalue weighted by Gasteiger charge is 2.30. The van der Waals surface area contributed by atoms with Crippen LogP contribution < -0.4 is 14.4 Å². The summed E-state index contributed by atoms with van der Waals surface area (Å²) in [5, 5.41) is 0. The van der Waals surface area contributed by atoms with E-state index in [9.17, 15) is 9.59 Å². The number of anilines is 1. The first-order chi connectivity index (χ1) is 17.5. The summed E-state index contributed by atoms with van der Waals surface area (Å²) in [6, 6.07) is 13.2. The van der Waals surface area contributed by atoms with Crippen molar-refractivity contribution in [1.29, 1.82) is 0 Å². The van der Waals surface area contributed by atoms with Gasteiger partial charge in [-0.05, 0) is 86.3 Å². The van der Waals surface area contributed by atoms with Crippen LogP contribution in [0.15, 0.2) is 42.5 Å². The summed E-state index contributed by atoms with van der Waals surface area (Å²) in [5.74, 6) is 1.53. The fourth-order valence-corrected chi connectivity index (χ4v) is 5.01. The molecule has 194 valence electrons. The Bertz CT molecular complexity index is 1030. The number of piperazine rings is 1. The van der Waals surface area contributed by atoms with Gasteiger partial charge in [0, 0.05) is 30.9 Å². The lowest BCUT2D eigenvalue weighted by Crippen LogP contribution is -2.52. The molecule has 2 saturated heterocycles. The van der Waals surface area contributed by atoms with Crippen LogP contribution in [0.1, 0.15) is 61.4 Å². The predicted molar refractivity (Wildman–Crippen MR) is 142 cm³/mol. The van der Waals surface area contributed by atoms with Crippen LogP contribution in [-0.4, -0.2) is 74.6 Å². The SMILES string of the molecule is COc1ccc(C(=O)N2CCN(c3ccc(OCCCN4CCCCC4)cc3)C(=O)C2)c(C(C)C)c1. The molecule has 7 nitrogen and oxygen atoms in total. The molecule has 0 unspecified atom stereocenters. The van der Waals surface area contributed by atoms with Gasteiger partial charge in [0.25, 0.3) is 5.91 Å². The highest BCUT2D eigenvalue weighted by atomic mass is 16.5. The fraction of sp³-hybridized carbons (Fsp3) is 0.517. The predicted octanol–water partition coefficient (Wildman–Crippen LogP) is 4.56. The van der Waals surface area contributed by atoms with Gasteiger partial charge in [0.15, 0.2) is 0 Å². The summed E-state index contributed by atoms with van der Waals surface area (Å²) < 4.78 is 11.2. The quantitative estimate of drug-likeness (QED) is 0.479. The van der Waals surface area contributed by atoms with Gasteiger partial charge in [0.2, 0.25) is 5.91 Å². The first kappa shape index (κ1) is 26.0. The number of carbonyl (C=O) groups excluding carboxylic acids is 2. The van der Waals surface area contributed by atoms with Gasteiger partial charge >= 0.3 is 0 Å². The Hall–Kier alpha value is -3.06.